The lowest BCUT2D eigenvalue weighted by molar-refractivity contribution is 0.154. The quantitative estimate of drug-likeness (QED) is 0.516. The Kier molecular flexibility index (Phi) is 3.30. The molecule has 1 rings (SSSR count). The molecule has 0 amide bonds. The summed E-state index contributed by atoms with van der Waals surface area (Å²) in [6.07, 6.45) is 3.12. The summed E-state index contributed by atoms with van der Waals surface area (Å²) in [6.45, 7) is 0.976. The van der Waals surface area contributed by atoms with Crippen LogP contribution in [0.1, 0.15) is 19.3 Å². The van der Waals surface area contributed by atoms with Gasteiger partial charge in [0, 0.05) is 12.6 Å². The van der Waals surface area contributed by atoms with Crippen molar-refractivity contribution < 1.29 is 5.11 Å². The maximum atomic E-state index is 8.88. The van der Waals surface area contributed by atoms with Gasteiger partial charge in [0.05, 0.1) is 0 Å². The molecule has 1 saturated carbocycles. The van der Waals surface area contributed by atoms with Crippen LogP contribution in [0.4, 0.5) is 0 Å². The van der Waals surface area contributed by atoms with Crippen LogP contribution in [0.25, 0.3) is 0 Å². The molecular formula is C8H18N2O. The van der Waals surface area contributed by atoms with E-state index in [0.29, 0.717) is 18.4 Å². The van der Waals surface area contributed by atoms with Crippen molar-refractivity contribution in [2.75, 3.05) is 13.2 Å². The summed E-state index contributed by atoms with van der Waals surface area (Å²) in [7, 11) is 0. The summed E-state index contributed by atoms with van der Waals surface area (Å²) < 4.78 is 0. The van der Waals surface area contributed by atoms with E-state index in [1.807, 2.05) is 0 Å². The summed E-state index contributed by atoms with van der Waals surface area (Å²) >= 11 is 0. The zero-order valence-corrected chi connectivity index (χ0v) is 6.87. The average molecular weight is 158 g/mol. The normalized spacial score (nSPS) is 39.0. The fourth-order valence-corrected chi connectivity index (χ4v) is 1.82. The lowest BCUT2D eigenvalue weighted by atomic mass is 9.79. The number of nitrogens with two attached hydrogens (primary N) is 2. The van der Waals surface area contributed by atoms with E-state index in [1.54, 1.807) is 0 Å². The van der Waals surface area contributed by atoms with Crippen LogP contribution >= 0.6 is 0 Å². The van der Waals surface area contributed by atoms with Crippen molar-refractivity contribution >= 4 is 0 Å². The Morgan fingerprint density at radius 1 is 1.36 bits per heavy atom. The average Bonchev–Trinajstić information content (AvgIpc) is 2.04. The highest BCUT2D eigenvalue weighted by Crippen LogP contribution is 2.26. The van der Waals surface area contributed by atoms with E-state index in [2.05, 4.69) is 0 Å². The Bertz CT molecular complexity index is 119. The van der Waals surface area contributed by atoms with Gasteiger partial charge in [-0.05, 0) is 37.6 Å². The zero-order chi connectivity index (χ0) is 8.27. The maximum absolute atomic E-state index is 8.88. The predicted molar refractivity (Wildman–Crippen MR) is 44.9 cm³/mol. The van der Waals surface area contributed by atoms with E-state index in [4.69, 9.17) is 16.6 Å². The fourth-order valence-electron chi connectivity index (χ4n) is 1.82. The molecule has 0 unspecified atom stereocenters. The van der Waals surface area contributed by atoms with Crippen molar-refractivity contribution in [1.82, 2.24) is 0 Å². The molecule has 0 bridgehead atoms. The largest absolute Gasteiger partial charge is 0.396 e. The minimum atomic E-state index is 0.214. The van der Waals surface area contributed by atoms with Gasteiger partial charge in [0.1, 0.15) is 0 Å². The lowest BCUT2D eigenvalue weighted by Crippen LogP contribution is -2.41. The second kappa shape index (κ2) is 4.04. The monoisotopic (exact) mass is 158 g/mol. The molecule has 1 aliphatic carbocycles. The molecule has 0 heterocycles. The summed E-state index contributed by atoms with van der Waals surface area (Å²) in [5.41, 5.74) is 11.4. The van der Waals surface area contributed by atoms with Crippen LogP contribution in [0.15, 0.2) is 0 Å². The van der Waals surface area contributed by atoms with Gasteiger partial charge in [-0.1, -0.05) is 0 Å². The SMILES string of the molecule is NC[C@@H]1CC[C@H](CO)C[C@@H]1N. The molecule has 0 aromatic rings. The van der Waals surface area contributed by atoms with Crippen molar-refractivity contribution in [2.24, 2.45) is 23.3 Å². The van der Waals surface area contributed by atoms with Crippen LogP contribution in [0.5, 0.6) is 0 Å². The Balaban J connectivity index is 2.34. The molecule has 1 fully saturated rings. The van der Waals surface area contributed by atoms with E-state index in [-0.39, 0.29) is 12.6 Å². The first-order valence-electron chi connectivity index (χ1n) is 4.34. The number of aliphatic hydroxyl groups is 1. The Morgan fingerprint density at radius 3 is 2.55 bits per heavy atom. The third kappa shape index (κ3) is 2.15. The first-order valence-corrected chi connectivity index (χ1v) is 4.34. The van der Waals surface area contributed by atoms with E-state index >= 15 is 0 Å². The van der Waals surface area contributed by atoms with Gasteiger partial charge in [-0.3, -0.25) is 0 Å². The summed E-state index contributed by atoms with van der Waals surface area (Å²) in [4.78, 5) is 0. The van der Waals surface area contributed by atoms with Crippen LogP contribution in [0.3, 0.4) is 0 Å². The van der Waals surface area contributed by atoms with Crippen LogP contribution < -0.4 is 11.5 Å². The second-order valence-electron chi connectivity index (χ2n) is 3.52. The first kappa shape index (κ1) is 8.97. The smallest absolute Gasteiger partial charge is 0.0459 e. The lowest BCUT2D eigenvalue weighted by Gasteiger charge is -2.32. The van der Waals surface area contributed by atoms with E-state index in [0.717, 1.165) is 19.3 Å². The first-order chi connectivity index (χ1) is 5.27. The Hall–Kier alpha value is -0.120. The van der Waals surface area contributed by atoms with Crippen molar-refractivity contribution in [3.8, 4) is 0 Å². The molecule has 66 valence electrons. The summed E-state index contributed by atoms with van der Waals surface area (Å²) in [5, 5.41) is 8.88. The van der Waals surface area contributed by atoms with Gasteiger partial charge >= 0.3 is 0 Å². The Morgan fingerprint density at radius 2 is 2.09 bits per heavy atom. The highest BCUT2D eigenvalue weighted by molar-refractivity contribution is 4.82. The molecule has 3 atom stereocenters. The maximum Gasteiger partial charge on any atom is 0.0459 e. The minimum Gasteiger partial charge on any atom is -0.396 e. The highest BCUT2D eigenvalue weighted by atomic mass is 16.3. The molecule has 0 saturated heterocycles. The zero-order valence-electron chi connectivity index (χ0n) is 6.87. The van der Waals surface area contributed by atoms with Crippen LogP contribution in [-0.4, -0.2) is 24.3 Å². The van der Waals surface area contributed by atoms with E-state index in [1.165, 1.54) is 0 Å². The van der Waals surface area contributed by atoms with Crippen LogP contribution in [0.2, 0.25) is 0 Å². The predicted octanol–water partition coefficient (Wildman–Crippen LogP) is -0.319. The number of aliphatic hydroxyl groups excluding tert-OH is 1. The van der Waals surface area contributed by atoms with Gasteiger partial charge in [-0.25, -0.2) is 0 Å². The molecule has 0 aromatic heterocycles. The standard InChI is InChI=1S/C8H18N2O/c9-4-7-2-1-6(5-11)3-8(7)10/h6-8,11H,1-5,9-10H2/t6-,7-,8-/m0/s1. The summed E-state index contributed by atoms with van der Waals surface area (Å²) in [6, 6.07) is 0.214. The molecule has 0 radical (unpaired) electrons. The van der Waals surface area contributed by atoms with Gasteiger partial charge in [-0.2, -0.15) is 0 Å². The van der Waals surface area contributed by atoms with Crippen molar-refractivity contribution in [3.05, 3.63) is 0 Å². The van der Waals surface area contributed by atoms with Crippen LogP contribution in [0, 0.1) is 11.8 Å². The third-order valence-electron chi connectivity index (χ3n) is 2.72. The molecule has 0 aliphatic heterocycles. The summed E-state index contributed by atoms with van der Waals surface area (Å²) in [5.74, 6) is 0.908. The molecular weight excluding hydrogens is 140 g/mol. The van der Waals surface area contributed by atoms with Gasteiger partial charge in [-0.15, -0.1) is 0 Å². The van der Waals surface area contributed by atoms with Crippen molar-refractivity contribution in [1.29, 1.82) is 0 Å². The van der Waals surface area contributed by atoms with E-state index < -0.39 is 0 Å². The topological polar surface area (TPSA) is 72.3 Å². The third-order valence-corrected chi connectivity index (χ3v) is 2.72. The minimum absolute atomic E-state index is 0.214. The van der Waals surface area contributed by atoms with Gasteiger partial charge in [0.15, 0.2) is 0 Å². The van der Waals surface area contributed by atoms with Gasteiger partial charge in [0.25, 0.3) is 0 Å². The number of rotatable bonds is 2. The van der Waals surface area contributed by atoms with Gasteiger partial charge < -0.3 is 16.6 Å². The van der Waals surface area contributed by atoms with Gasteiger partial charge in [0.2, 0.25) is 0 Å². The Labute approximate surface area is 67.8 Å². The molecule has 1 aliphatic rings. The fraction of sp³-hybridized carbons (Fsp3) is 1.00. The molecule has 11 heavy (non-hydrogen) atoms. The molecule has 0 spiro atoms. The molecule has 3 heteroatoms. The molecule has 0 aromatic carbocycles. The molecule has 5 N–H and O–H groups in total. The number of hydrogen-bond acceptors (Lipinski definition) is 3. The van der Waals surface area contributed by atoms with Crippen molar-refractivity contribution in [3.63, 3.8) is 0 Å². The van der Waals surface area contributed by atoms with Crippen molar-refractivity contribution in [2.45, 2.75) is 25.3 Å². The van der Waals surface area contributed by atoms with E-state index in [9.17, 15) is 0 Å². The van der Waals surface area contributed by atoms with Crippen LogP contribution in [-0.2, 0) is 0 Å². The highest BCUT2D eigenvalue weighted by Gasteiger charge is 2.26. The number of hydrogen-bond donors (Lipinski definition) is 3. The second-order valence-corrected chi connectivity index (χ2v) is 3.52. The molecule has 3 nitrogen and oxygen atoms in total.